The molecule has 2 unspecified atom stereocenters. The molecule has 1 saturated heterocycles. The van der Waals surface area contributed by atoms with Crippen molar-refractivity contribution in [3.63, 3.8) is 0 Å². The molecule has 1 fully saturated rings. The Morgan fingerprint density at radius 3 is 2.52 bits per heavy atom. The van der Waals surface area contributed by atoms with Crippen LogP contribution in [0.25, 0.3) is 0 Å². The van der Waals surface area contributed by atoms with Crippen molar-refractivity contribution >= 4 is 11.9 Å². The molecule has 6 nitrogen and oxygen atoms in total. The molecule has 1 heterocycles. The Kier molecular flexibility index (Phi) is 6.06. The van der Waals surface area contributed by atoms with Crippen molar-refractivity contribution in [3.05, 3.63) is 29.8 Å². The maximum Gasteiger partial charge on any atom is 0.306 e. The van der Waals surface area contributed by atoms with Crippen LogP contribution in [0.4, 0.5) is 0 Å². The van der Waals surface area contributed by atoms with E-state index in [1.807, 2.05) is 24.3 Å². The molecule has 1 N–H and O–H groups in total. The van der Waals surface area contributed by atoms with Gasteiger partial charge in [0.1, 0.15) is 5.75 Å². The SMILES string of the molecule is CC(Oc1ccc(C(C)(C)C)cc1)C(=O)N1CCOC(CC(=O)O)C1. The van der Waals surface area contributed by atoms with Crippen LogP contribution in [0.5, 0.6) is 5.75 Å². The van der Waals surface area contributed by atoms with Gasteiger partial charge in [-0.2, -0.15) is 0 Å². The zero-order valence-electron chi connectivity index (χ0n) is 15.3. The second-order valence-electron chi connectivity index (χ2n) is 7.41. The van der Waals surface area contributed by atoms with Gasteiger partial charge in [0.25, 0.3) is 5.91 Å². The predicted molar refractivity (Wildman–Crippen MR) is 93.8 cm³/mol. The van der Waals surface area contributed by atoms with E-state index in [2.05, 4.69) is 20.8 Å². The fourth-order valence-corrected chi connectivity index (χ4v) is 2.78. The Hall–Kier alpha value is -2.08. The Morgan fingerprint density at radius 1 is 1.32 bits per heavy atom. The van der Waals surface area contributed by atoms with Crippen molar-refractivity contribution in [2.24, 2.45) is 0 Å². The van der Waals surface area contributed by atoms with Gasteiger partial charge in [-0.15, -0.1) is 0 Å². The Bertz CT molecular complexity index is 605. The van der Waals surface area contributed by atoms with E-state index < -0.39 is 18.2 Å². The maximum absolute atomic E-state index is 12.6. The summed E-state index contributed by atoms with van der Waals surface area (Å²) >= 11 is 0. The van der Waals surface area contributed by atoms with Crippen molar-refractivity contribution in [2.45, 2.75) is 51.7 Å². The zero-order chi connectivity index (χ0) is 18.6. The van der Waals surface area contributed by atoms with Gasteiger partial charge in [0.15, 0.2) is 6.10 Å². The summed E-state index contributed by atoms with van der Waals surface area (Å²) in [5.41, 5.74) is 1.26. The summed E-state index contributed by atoms with van der Waals surface area (Å²) in [6.45, 7) is 9.20. The number of benzene rings is 1. The molecule has 6 heteroatoms. The Labute approximate surface area is 148 Å². The van der Waals surface area contributed by atoms with E-state index in [0.29, 0.717) is 18.9 Å². The van der Waals surface area contributed by atoms with E-state index in [1.165, 1.54) is 5.56 Å². The van der Waals surface area contributed by atoms with Gasteiger partial charge in [-0.05, 0) is 30.0 Å². The third kappa shape index (κ3) is 5.46. The molecule has 1 aromatic rings. The molecule has 0 radical (unpaired) electrons. The van der Waals surface area contributed by atoms with E-state index >= 15 is 0 Å². The molecule has 1 aliphatic heterocycles. The first-order valence-electron chi connectivity index (χ1n) is 8.56. The number of hydrogen-bond acceptors (Lipinski definition) is 4. The lowest BCUT2D eigenvalue weighted by Gasteiger charge is -2.33. The van der Waals surface area contributed by atoms with Crippen LogP contribution in [0.15, 0.2) is 24.3 Å². The lowest BCUT2D eigenvalue weighted by molar-refractivity contribution is -0.151. The van der Waals surface area contributed by atoms with Crippen LogP contribution in [0.2, 0.25) is 0 Å². The molecule has 1 aromatic carbocycles. The zero-order valence-corrected chi connectivity index (χ0v) is 15.3. The summed E-state index contributed by atoms with van der Waals surface area (Å²) < 4.78 is 11.2. The summed E-state index contributed by atoms with van der Waals surface area (Å²) in [4.78, 5) is 25.0. The smallest absolute Gasteiger partial charge is 0.306 e. The second-order valence-corrected chi connectivity index (χ2v) is 7.41. The summed E-state index contributed by atoms with van der Waals surface area (Å²) in [5.74, 6) is -0.440. The normalized spacial score (nSPS) is 19.4. The molecule has 1 aliphatic rings. The van der Waals surface area contributed by atoms with Gasteiger partial charge in [0.2, 0.25) is 0 Å². The van der Waals surface area contributed by atoms with E-state index in [4.69, 9.17) is 14.6 Å². The summed E-state index contributed by atoms with van der Waals surface area (Å²) in [7, 11) is 0. The quantitative estimate of drug-likeness (QED) is 0.884. The number of ether oxygens (including phenoxy) is 2. The number of aliphatic carboxylic acids is 1. The van der Waals surface area contributed by atoms with Crippen LogP contribution in [0, 0.1) is 0 Å². The average Bonchev–Trinajstić information content (AvgIpc) is 2.53. The molecule has 0 saturated carbocycles. The van der Waals surface area contributed by atoms with Gasteiger partial charge < -0.3 is 19.5 Å². The Balaban J connectivity index is 1.94. The highest BCUT2D eigenvalue weighted by atomic mass is 16.5. The number of carboxylic acids is 1. The summed E-state index contributed by atoms with van der Waals surface area (Å²) in [6.07, 6.45) is -1.20. The standard InChI is InChI=1S/C19H27NO5/c1-13(25-15-7-5-14(6-8-15)19(2,3)4)18(23)20-9-10-24-16(12-20)11-17(21)22/h5-8,13,16H,9-12H2,1-4H3,(H,21,22). The lowest BCUT2D eigenvalue weighted by Crippen LogP contribution is -2.50. The minimum absolute atomic E-state index is 0.0624. The van der Waals surface area contributed by atoms with Crippen molar-refractivity contribution in [2.75, 3.05) is 19.7 Å². The molecular weight excluding hydrogens is 322 g/mol. The number of hydrogen-bond donors (Lipinski definition) is 1. The molecule has 1 amide bonds. The number of carbonyl (C=O) groups is 2. The van der Waals surface area contributed by atoms with Gasteiger partial charge in [-0.25, -0.2) is 0 Å². The van der Waals surface area contributed by atoms with Crippen molar-refractivity contribution in [1.29, 1.82) is 0 Å². The fraction of sp³-hybridized carbons (Fsp3) is 0.579. The molecule has 0 bridgehead atoms. The molecule has 0 aliphatic carbocycles. The van der Waals surface area contributed by atoms with Gasteiger partial charge >= 0.3 is 5.97 Å². The number of morpholine rings is 1. The van der Waals surface area contributed by atoms with Gasteiger partial charge in [-0.1, -0.05) is 32.9 Å². The molecule has 25 heavy (non-hydrogen) atoms. The highest BCUT2D eigenvalue weighted by molar-refractivity contribution is 5.81. The van der Waals surface area contributed by atoms with Gasteiger partial charge in [0.05, 0.1) is 19.1 Å². The minimum atomic E-state index is -0.928. The molecule has 0 aromatic heterocycles. The van der Waals surface area contributed by atoms with Gasteiger partial charge in [-0.3, -0.25) is 9.59 Å². The number of carboxylic acid groups (broad SMARTS) is 1. The fourth-order valence-electron chi connectivity index (χ4n) is 2.78. The number of rotatable bonds is 5. The van der Waals surface area contributed by atoms with E-state index in [1.54, 1.807) is 11.8 Å². The number of carbonyl (C=O) groups excluding carboxylic acids is 1. The number of nitrogens with zero attached hydrogens (tertiary/aromatic N) is 1. The first kappa shape index (κ1) is 19.2. The van der Waals surface area contributed by atoms with Crippen LogP contribution in [0.3, 0.4) is 0 Å². The van der Waals surface area contributed by atoms with Crippen molar-refractivity contribution in [1.82, 2.24) is 4.90 Å². The molecule has 2 rings (SSSR count). The summed E-state index contributed by atoms with van der Waals surface area (Å²) in [5, 5.41) is 8.87. The van der Waals surface area contributed by atoms with Crippen molar-refractivity contribution < 1.29 is 24.2 Å². The molecule has 138 valence electrons. The maximum atomic E-state index is 12.6. The van der Waals surface area contributed by atoms with Crippen LogP contribution in [0.1, 0.15) is 39.7 Å². The van der Waals surface area contributed by atoms with Gasteiger partial charge in [0, 0.05) is 13.1 Å². The monoisotopic (exact) mass is 349 g/mol. The first-order chi connectivity index (χ1) is 11.7. The largest absolute Gasteiger partial charge is 0.481 e. The second kappa shape index (κ2) is 7.87. The third-order valence-electron chi connectivity index (χ3n) is 4.23. The number of amides is 1. The van der Waals surface area contributed by atoms with Crippen molar-refractivity contribution in [3.8, 4) is 5.75 Å². The van der Waals surface area contributed by atoms with E-state index in [-0.39, 0.29) is 24.3 Å². The predicted octanol–water partition coefficient (Wildman–Crippen LogP) is 2.45. The highest BCUT2D eigenvalue weighted by Crippen LogP contribution is 2.25. The van der Waals surface area contributed by atoms with E-state index in [0.717, 1.165) is 0 Å². The average molecular weight is 349 g/mol. The molecule has 2 atom stereocenters. The summed E-state index contributed by atoms with van der Waals surface area (Å²) in [6, 6.07) is 7.75. The first-order valence-corrected chi connectivity index (χ1v) is 8.56. The molecule has 0 spiro atoms. The topological polar surface area (TPSA) is 76.1 Å². The van der Waals surface area contributed by atoms with Crippen LogP contribution in [-0.4, -0.2) is 53.8 Å². The van der Waals surface area contributed by atoms with Crippen LogP contribution in [-0.2, 0) is 19.7 Å². The minimum Gasteiger partial charge on any atom is -0.481 e. The third-order valence-corrected chi connectivity index (χ3v) is 4.23. The highest BCUT2D eigenvalue weighted by Gasteiger charge is 2.29. The lowest BCUT2D eigenvalue weighted by atomic mass is 9.87. The van der Waals surface area contributed by atoms with Crippen LogP contribution < -0.4 is 4.74 Å². The van der Waals surface area contributed by atoms with E-state index in [9.17, 15) is 9.59 Å². The molecular formula is C19H27NO5. The Morgan fingerprint density at radius 2 is 1.96 bits per heavy atom. The van der Waals surface area contributed by atoms with Crippen LogP contribution >= 0.6 is 0 Å².